The summed E-state index contributed by atoms with van der Waals surface area (Å²) in [5, 5.41) is 8.02. The van der Waals surface area contributed by atoms with Crippen LogP contribution in [0.4, 0.5) is 0 Å². The highest BCUT2D eigenvalue weighted by molar-refractivity contribution is 7.89. The number of nitrogens with two attached hydrogens (primary N) is 1. The number of aryl methyl sites for hydroxylation is 1. The standard InChI is InChI=1S/C20H26N2O3S/c1-3-4-5-16-6-8-17(9-7-16)14-20(23)22-15(2)18-10-12-19(13-11-18)26(21,24)25/h6-13,15H,3-5,14H2,1-2H3,(H,22,23)(H2,21,24,25). The van der Waals surface area contributed by atoms with Crippen LogP contribution in [-0.4, -0.2) is 14.3 Å². The minimum absolute atomic E-state index is 0.0583. The molecule has 1 atom stereocenters. The summed E-state index contributed by atoms with van der Waals surface area (Å²) < 4.78 is 22.6. The molecule has 2 rings (SSSR count). The van der Waals surface area contributed by atoms with Crippen LogP contribution in [0, 0.1) is 0 Å². The van der Waals surface area contributed by atoms with Gasteiger partial charge in [0.05, 0.1) is 17.4 Å². The molecule has 0 aliphatic heterocycles. The average Bonchev–Trinajstić information content (AvgIpc) is 2.60. The second-order valence-electron chi connectivity index (χ2n) is 6.50. The van der Waals surface area contributed by atoms with Crippen molar-refractivity contribution < 1.29 is 13.2 Å². The van der Waals surface area contributed by atoms with Crippen LogP contribution in [-0.2, 0) is 27.7 Å². The lowest BCUT2D eigenvalue weighted by Gasteiger charge is -2.15. The molecule has 0 aliphatic rings. The quantitative estimate of drug-likeness (QED) is 0.744. The first kappa shape index (κ1) is 20.1. The van der Waals surface area contributed by atoms with E-state index in [0.29, 0.717) is 6.42 Å². The summed E-state index contributed by atoms with van der Waals surface area (Å²) in [6.07, 6.45) is 3.71. The van der Waals surface area contributed by atoms with Crippen LogP contribution in [0.1, 0.15) is 49.4 Å². The van der Waals surface area contributed by atoms with E-state index in [-0.39, 0.29) is 16.8 Å². The van der Waals surface area contributed by atoms with Gasteiger partial charge < -0.3 is 5.32 Å². The molecular weight excluding hydrogens is 348 g/mol. The molecular formula is C20H26N2O3S. The molecule has 0 aliphatic carbocycles. The van der Waals surface area contributed by atoms with Crippen molar-refractivity contribution in [1.29, 1.82) is 0 Å². The van der Waals surface area contributed by atoms with Crippen molar-refractivity contribution in [2.45, 2.75) is 50.5 Å². The lowest BCUT2D eigenvalue weighted by Crippen LogP contribution is -2.28. The second kappa shape index (κ2) is 8.96. The molecule has 0 bridgehead atoms. The highest BCUT2D eigenvalue weighted by Gasteiger charge is 2.12. The largest absolute Gasteiger partial charge is 0.349 e. The van der Waals surface area contributed by atoms with Crippen LogP contribution < -0.4 is 10.5 Å². The molecule has 1 unspecified atom stereocenters. The smallest absolute Gasteiger partial charge is 0.238 e. The SMILES string of the molecule is CCCCc1ccc(CC(=O)NC(C)c2ccc(S(N)(=O)=O)cc2)cc1. The van der Waals surface area contributed by atoms with E-state index in [4.69, 9.17) is 5.14 Å². The van der Waals surface area contributed by atoms with Crippen LogP contribution >= 0.6 is 0 Å². The number of sulfonamides is 1. The summed E-state index contributed by atoms with van der Waals surface area (Å²) in [7, 11) is -3.71. The van der Waals surface area contributed by atoms with E-state index in [1.54, 1.807) is 12.1 Å². The van der Waals surface area contributed by atoms with E-state index in [2.05, 4.69) is 24.4 Å². The van der Waals surface area contributed by atoms with Crippen LogP contribution in [0.3, 0.4) is 0 Å². The summed E-state index contributed by atoms with van der Waals surface area (Å²) >= 11 is 0. The van der Waals surface area contributed by atoms with Crippen LogP contribution in [0.15, 0.2) is 53.4 Å². The Morgan fingerprint density at radius 3 is 2.15 bits per heavy atom. The molecule has 0 saturated carbocycles. The minimum atomic E-state index is -3.71. The number of carbonyl (C=O) groups excluding carboxylic acids is 1. The highest BCUT2D eigenvalue weighted by atomic mass is 32.2. The minimum Gasteiger partial charge on any atom is -0.349 e. The maximum atomic E-state index is 12.3. The predicted molar refractivity (Wildman–Crippen MR) is 103 cm³/mol. The summed E-state index contributed by atoms with van der Waals surface area (Å²) in [4.78, 5) is 12.3. The van der Waals surface area contributed by atoms with Crippen molar-refractivity contribution in [3.63, 3.8) is 0 Å². The van der Waals surface area contributed by atoms with Gasteiger partial charge in [-0.2, -0.15) is 0 Å². The number of hydrogen-bond acceptors (Lipinski definition) is 3. The Morgan fingerprint density at radius 1 is 1.04 bits per heavy atom. The van der Waals surface area contributed by atoms with Crippen molar-refractivity contribution in [2.75, 3.05) is 0 Å². The maximum Gasteiger partial charge on any atom is 0.238 e. The predicted octanol–water partition coefficient (Wildman–Crippen LogP) is 3.10. The van der Waals surface area contributed by atoms with Gasteiger partial charge >= 0.3 is 0 Å². The Hall–Kier alpha value is -2.18. The molecule has 0 heterocycles. The van der Waals surface area contributed by atoms with E-state index in [1.807, 2.05) is 19.1 Å². The maximum absolute atomic E-state index is 12.3. The Bertz CT molecular complexity index is 828. The van der Waals surface area contributed by atoms with Crippen LogP contribution in [0.5, 0.6) is 0 Å². The molecule has 6 heteroatoms. The average molecular weight is 375 g/mol. The van der Waals surface area contributed by atoms with Gasteiger partial charge in [-0.25, -0.2) is 13.6 Å². The van der Waals surface area contributed by atoms with Gasteiger partial charge in [0.2, 0.25) is 15.9 Å². The Kier molecular flexibility index (Phi) is 6.94. The third-order valence-corrected chi connectivity index (χ3v) is 5.22. The van der Waals surface area contributed by atoms with Crippen molar-refractivity contribution in [3.8, 4) is 0 Å². The van der Waals surface area contributed by atoms with E-state index in [0.717, 1.165) is 17.5 Å². The zero-order valence-electron chi connectivity index (χ0n) is 15.2. The van der Waals surface area contributed by atoms with Gasteiger partial charge in [0.15, 0.2) is 0 Å². The van der Waals surface area contributed by atoms with E-state index < -0.39 is 10.0 Å². The van der Waals surface area contributed by atoms with Gasteiger partial charge in [0, 0.05) is 0 Å². The molecule has 0 saturated heterocycles. The zero-order valence-corrected chi connectivity index (χ0v) is 16.1. The molecule has 140 valence electrons. The van der Waals surface area contributed by atoms with Gasteiger partial charge in [-0.05, 0) is 48.6 Å². The first-order valence-electron chi connectivity index (χ1n) is 8.79. The Balaban J connectivity index is 1.92. The fourth-order valence-corrected chi connectivity index (χ4v) is 3.23. The second-order valence-corrected chi connectivity index (χ2v) is 8.06. The molecule has 2 aromatic rings. The van der Waals surface area contributed by atoms with Crippen LogP contribution in [0.2, 0.25) is 0 Å². The van der Waals surface area contributed by atoms with E-state index in [9.17, 15) is 13.2 Å². The number of hydrogen-bond donors (Lipinski definition) is 2. The first-order chi connectivity index (χ1) is 12.3. The molecule has 2 aromatic carbocycles. The molecule has 5 nitrogen and oxygen atoms in total. The fourth-order valence-electron chi connectivity index (χ4n) is 2.71. The zero-order chi connectivity index (χ0) is 19.2. The molecule has 0 fully saturated rings. The van der Waals surface area contributed by atoms with Crippen molar-refractivity contribution in [3.05, 3.63) is 65.2 Å². The molecule has 1 amide bonds. The number of unbranched alkanes of at least 4 members (excludes halogenated alkanes) is 1. The van der Waals surface area contributed by atoms with Crippen molar-refractivity contribution in [2.24, 2.45) is 5.14 Å². The number of primary sulfonamides is 1. The summed E-state index contributed by atoms with van der Waals surface area (Å²) in [5.41, 5.74) is 3.08. The summed E-state index contributed by atoms with van der Waals surface area (Å²) in [6.45, 7) is 4.03. The Morgan fingerprint density at radius 2 is 1.62 bits per heavy atom. The Labute approximate surface area is 155 Å². The number of nitrogens with one attached hydrogen (secondary N) is 1. The molecule has 3 N–H and O–H groups in total. The van der Waals surface area contributed by atoms with E-state index in [1.165, 1.54) is 30.5 Å². The first-order valence-corrected chi connectivity index (χ1v) is 10.3. The van der Waals surface area contributed by atoms with Gasteiger partial charge in [-0.3, -0.25) is 4.79 Å². The monoisotopic (exact) mass is 374 g/mol. The normalized spacial score (nSPS) is 12.6. The lowest BCUT2D eigenvalue weighted by molar-refractivity contribution is -0.121. The number of rotatable bonds is 8. The van der Waals surface area contributed by atoms with Gasteiger partial charge in [-0.15, -0.1) is 0 Å². The van der Waals surface area contributed by atoms with Gasteiger partial charge in [0.25, 0.3) is 0 Å². The summed E-state index contributed by atoms with van der Waals surface area (Å²) in [5.74, 6) is -0.0747. The number of carbonyl (C=O) groups is 1. The number of amides is 1. The third-order valence-electron chi connectivity index (χ3n) is 4.29. The van der Waals surface area contributed by atoms with Crippen LogP contribution in [0.25, 0.3) is 0 Å². The summed E-state index contributed by atoms with van der Waals surface area (Å²) in [6, 6.07) is 14.1. The molecule has 0 spiro atoms. The lowest BCUT2D eigenvalue weighted by atomic mass is 10.0. The molecule has 26 heavy (non-hydrogen) atoms. The molecule has 0 radical (unpaired) electrons. The van der Waals surface area contributed by atoms with Gasteiger partial charge in [-0.1, -0.05) is 49.7 Å². The highest BCUT2D eigenvalue weighted by Crippen LogP contribution is 2.16. The number of benzene rings is 2. The fraction of sp³-hybridized carbons (Fsp3) is 0.350. The van der Waals surface area contributed by atoms with E-state index >= 15 is 0 Å². The topological polar surface area (TPSA) is 89.3 Å². The van der Waals surface area contributed by atoms with Crippen molar-refractivity contribution >= 4 is 15.9 Å². The third kappa shape index (κ3) is 5.97. The molecule has 0 aromatic heterocycles. The van der Waals surface area contributed by atoms with Crippen molar-refractivity contribution in [1.82, 2.24) is 5.32 Å². The van der Waals surface area contributed by atoms with Gasteiger partial charge in [0.1, 0.15) is 0 Å².